The Morgan fingerprint density at radius 3 is 2.80 bits per heavy atom. The van der Waals surface area contributed by atoms with Gasteiger partial charge in [-0.1, -0.05) is 20.3 Å². The maximum absolute atomic E-state index is 2.51. The van der Waals surface area contributed by atoms with Crippen molar-refractivity contribution in [3.63, 3.8) is 0 Å². The molecule has 0 aromatic heterocycles. The molecule has 56 valence electrons. The molecule has 0 nitrogen and oxygen atoms in total. The molecule has 0 bridgehead atoms. The first-order valence-electron chi connectivity index (χ1n) is 4.73. The van der Waals surface area contributed by atoms with Crippen molar-refractivity contribution >= 4 is 0 Å². The normalized spacial score (nSPS) is 70.2. The van der Waals surface area contributed by atoms with Crippen LogP contribution in [-0.4, -0.2) is 0 Å². The van der Waals surface area contributed by atoms with Crippen LogP contribution < -0.4 is 0 Å². The molecule has 3 saturated carbocycles. The SMILES string of the molecule is CC1CCC2C3CC3(C)C12. The van der Waals surface area contributed by atoms with Gasteiger partial charge in [-0.25, -0.2) is 0 Å². The molecular formula is C10H16. The van der Waals surface area contributed by atoms with E-state index in [0.717, 1.165) is 17.3 Å². The van der Waals surface area contributed by atoms with Crippen LogP contribution in [-0.2, 0) is 0 Å². The standard InChI is InChI=1S/C10H16/c1-6-3-4-7-8-5-10(8,2)9(6)7/h6-9H,3-5H2,1-2H3. The van der Waals surface area contributed by atoms with Gasteiger partial charge in [-0.05, 0) is 41.9 Å². The molecule has 3 aliphatic rings. The van der Waals surface area contributed by atoms with E-state index >= 15 is 0 Å². The molecule has 0 aromatic rings. The fourth-order valence-electron chi connectivity index (χ4n) is 4.15. The molecule has 3 rings (SSSR count). The quantitative estimate of drug-likeness (QED) is 0.480. The molecule has 3 aliphatic carbocycles. The summed E-state index contributed by atoms with van der Waals surface area (Å²) in [5.74, 6) is 4.58. The molecule has 0 amide bonds. The lowest BCUT2D eigenvalue weighted by Gasteiger charge is -2.40. The molecule has 0 aliphatic heterocycles. The Morgan fingerprint density at radius 2 is 2.10 bits per heavy atom. The highest BCUT2D eigenvalue weighted by Gasteiger charge is 2.72. The van der Waals surface area contributed by atoms with Crippen molar-refractivity contribution in [3.8, 4) is 0 Å². The Labute approximate surface area is 63.0 Å². The van der Waals surface area contributed by atoms with Crippen molar-refractivity contribution in [2.24, 2.45) is 29.1 Å². The van der Waals surface area contributed by atoms with E-state index in [1.54, 1.807) is 12.8 Å². The van der Waals surface area contributed by atoms with Gasteiger partial charge in [0.05, 0.1) is 0 Å². The monoisotopic (exact) mass is 136 g/mol. The molecule has 5 atom stereocenters. The zero-order valence-corrected chi connectivity index (χ0v) is 6.93. The Morgan fingerprint density at radius 1 is 1.30 bits per heavy atom. The van der Waals surface area contributed by atoms with E-state index < -0.39 is 0 Å². The van der Waals surface area contributed by atoms with E-state index in [4.69, 9.17) is 0 Å². The lowest BCUT2D eigenvalue weighted by Crippen LogP contribution is -2.35. The molecule has 10 heavy (non-hydrogen) atoms. The average Bonchev–Trinajstić information content (AvgIpc) is 2.38. The van der Waals surface area contributed by atoms with E-state index in [0.29, 0.717) is 0 Å². The molecule has 0 saturated heterocycles. The summed E-state index contributed by atoms with van der Waals surface area (Å²) in [7, 11) is 0. The van der Waals surface area contributed by atoms with Crippen molar-refractivity contribution in [3.05, 3.63) is 0 Å². The van der Waals surface area contributed by atoms with Gasteiger partial charge in [0.2, 0.25) is 0 Å². The number of rotatable bonds is 0. The predicted molar refractivity (Wildman–Crippen MR) is 41.6 cm³/mol. The van der Waals surface area contributed by atoms with Crippen LogP contribution in [0.5, 0.6) is 0 Å². The van der Waals surface area contributed by atoms with Crippen molar-refractivity contribution in [2.75, 3.05) is 0 Å². The molecule has 0 aromatic carbocycles. The van der Waals surface area contributed by atoms with E-state index in [1.807, 2.05) is 0 Å². The number of hydrogen-bond donors (Lipinski definition) is 0. The largest absolute Gasteiger partial charge is 0.0622 e. The van der Waals surface area contributed by atoms with E-state index in [-0.39, 0.29) is 0 Å². The summed E-state index contributed by atoms with van der Waals surface area (Å²) in [6.45, 7) is 4.98. The lowest BCUT2D eigenvalue weighted by atomic mass is 9.65. The third-order valence-electron chi connectivity index (χ3n) is 4.65. The molecule has 0 N–H and O–H groups in total. The highest BCUT2D eigenvalue weighted by molar-refractivity contribution is 5.20. The van der Waals surface area contributed by atoms with E-state index in [2.05, 4.69) is 13.8 Å². The summed E-state index contributed by atoms with van der Waals surface area (Å²) in [5, 5.41) is 0. The fraction of sp³-hybridized carbons (Fsp3) is 1.00. The van der Waals surface area contributed by atoms with Crippen molar-refractivity contribution in [1.29, 1.82) is 0 Å². The Balaban J connectivity index is 1.93. The fourth-order valence-corrected chi connectivity index (χ4v) is 4.15. The second-order valence-electron chi connectivity index (χ2n) is 5.06. The minimum Gasteiger partial charge on any atom is -0.0622 e. The Kier molecular flexibility index (Phi) is 0.735. The maximum Gasteiger partial charge on any atom is -0.0258 e. The molecule has 5 unspecified atom stereocenters. The molecule has 0 radical (unpaired) electrons. The van der Waals surface area contributed by atoms with Crippen LogP contribution in [0.2, 0.25) is 0 Å². The van der Waals surface area contributed by atoms with Crippen LogP contribution in [0.1, 0.15) is 33.1 Å². The summed E-state index contributed by atoms with van der Waals surface area (Å²) < 4.78 is 0. The second-order valence-corrected chi connectivity index (χ2v) is 5.06. The summed E-state index contributed by atoms with van der Waals surface area (Å²) in [6, 6.07) is 0. The van der Waals surface area contributed by atoms with Crippen LogP contribution in [0.25, 0.3) is 0 Å². The highest BCUT2D eigenvalue weighted by Crippen LogP contribution is 2.79. The third-order valence-corrected chi connectivity index (χ3v) is 4.65. The predicted octanol–water partition coefficient (Wildman–Crippen LogP) is 2.69. The van der Waals surface area contributed by atoms with Crippen molar-refractivity contribution in [1.82, 2.24) is 0 Å². The minimum absolute atomic E-state index is 0.862. The smallest absolute Gasteiger partial charge is 0.0258 e. The summed E-state index contributed by atoms with van der Waals surface area (Å²) in [4.78, 5) is 0. The zero-order chi connectivity index (χ0) is 6.93. The van der Waals surface area contributed by atoms with Gasteiger partial charge >= 0.3 is 0 Å². The second kappa shape index (κ2) is 1.31. The van der Waals surface area contributed by atoms with Crippen LogP contribution in [0.15, 0.2) is 0 Å². The number of hydrogen-bond acceptors (Lipinski definition) is 0. The summed E-state index contributed by atoms with van der Waals surface area (Å²) >= 11 is 0. The van der Waals surface area contributed by atoms with Gasteiger partial charge in [-0.3, -0.25) is 0 Å². The average molecular weight is 136 g/mol. The van der Waals surface area contributed by atoms with Gasteiger partial charge < -0.3 is 0 Å². The van der Waals surface area contributed by atoms with Gasteiger partial charge in [-0.15, -0.1) is 0 Å². The van der Waals surface area contributed by atoms with Gasteiger partial charge in [0.15, 0.2) is 0 Å². The Hall–Kier alpha value is 0. The van der Waals surface area contributed by atoms with Gasteiger partial charge in [0.1, 0.15) is 0 Å². The minimum atomic E-state index is 0.862. The first-order valence-corrected chi connectivity index (χ1v) is 4.73. The first-order chi connectivity index (χ1) is 4.73. The molecule has 0 heterocycles. The van der Waals surface area contributed by atoms with E-state index in [9.17, 15) is 0 Å². The van der Waals surface area contributed by atoms with Crippen LogP contribution in [0.4, 0.5) is 0 Å². The molecule has 3 fully saturated rings. The maximum atomic E-state index is 2.51. The lowest BCUT2D eigenvalue weighted by molar-refractivity contribution is 0.0755. The van der Waals surface area contributed by atoms with E-state index in [1.165, 1.54) is 18.3 Å². The topological polar surface area (TPSA) is 0 Å². The first kappa shape index (κ1) is 5.62. The van der Waals surface area contributed by atoms with Crippen molar-refractivity contribution in [2.45, 2.75) is 33.1 Å². The van der Waals surface area contributed by atoms with Gasteiger partial charge in [0, 0.05) is 0 Å². The summed E-state index contributed by atoms with van der Waals surface area (Å²) in [5.41, 5.74) is 0.862. The van der Waals surface area contributed by atoms with Gasteiger partial charge in [0.25, 0.3) is 0 Å². The van der Waals surface area contributed by atoms with Crippen molar-refractivity contribution < 1.29 is 0 Å². The van der Waals surface area contributed by atoms with Gasteiger partial charge in [-0.2, -0.15) is 0 Å². The Bertz CT molecular complexity index is 184. The third kappa shape index (κ3) is 0.383. The summed E-state index contributed by atoms with van der Waals surface area (Å²) in [6.07, 6.45) is 4.67. The molecular weight excluding hydrogens is 120 g/mol. The number of fused-ring (bicyclic) bond motifs is 4. The zero-order valence-electron chi connectivity index (χ0n) is 6.93. The van der Waals surface area contributed by atoms with Crippen LogP contribution in [0, 0.1) is 29.1 Å². The van der Waals surface area contributed by atoms with Crippen LogP contribution >= 0.6 is 0 Å². The van der Waals surface area contributed by atoms with Crippen LogP contribution in [0.3, 0.4) is 0 Å². The highest BCUT2D eigenvalue weighted by atomic mass is 14.8. The molecule has 0 heteroatoms. The molecule has 0 spiro atoms.